The van der Waals surface area contributed by atoms with Gasteiger partial charge < -0.3 is 15.1 Å². The van der Waals surface area contributed by atoms with Crippen molar-refractivity contribution in [1.82, 2.24) is 15.1 Å². The van der Waals surface area contributed by atoms with Gasteiger partial charge >= 0.3 is 0 Å². The molecular formula is C22H37N3O. The van der Waals surface area contributed by atoms with Gasteiger partial charge in [0.05, 0.1) is 0 Å². The van der Waals surface area contributed by atoms with E-state index in [1.54, 1.807) is 0 Å². The van der Waals surface area contributed by atoms with Crippen molar-refractivity contribution in [2.45, 2.75) is 59.5 Å². The Morgan fingerprint density at radius 3 is 2.31 bits per heavy atom. The Kier molecular flexibility index (Phi) is 10.0. The molecule has 0 aliphatic carbocycles. The van der Waals surface area contributed by atoms with Gasteiger partial charge in [-0.1, -0.05) is 37.3 Å². The molecule has 1 aromatic rings. The van der Waals surface area contributed by atoms with Gasteiger partial charge in [0, 0.05) is 51.9 Å². The van der Waals surface area contributed by atoms with Gasteiger partial charge in [-0.05, 0) is 44.7 Å². The molecule has 0 saturated carbocycles. The summed E-state index contributed by atoms with van der Waals surface area (Å²) in [5, 5.41) is 3.59. The number of likely N-dealkylation sites (N-methyl/N-ethyl adjacent to an activating group) is 1. The van der Waals surface area contributed by atoms with Gasteiger partial charge in [-0.25, -0.2) is 0 Å². The molecule has 1 rings (SSSR count). The number of carbonyl (C=O) groups is 1. The summed E-state index contributed by atoms with van der Waals surface area (Å²) < 4.78 is 0. The molecular weight excluding hydrogens is 322 g/mol. The molecule has 0 radical (unpaired) electrons. The Hall–Kier alpha value is -1.81. The SMILES string of the molecule is CCC(CCC(=O)N(CC)C/C(C)=C(\C)N(C)C)NCc1ccccc1. The fraction of sp³-hybridized carbons (Fsp3) is 0.591. The molecule has 1 aromatic carbocycles. The van der Waals surface area contributed by atoms with Crippen LogP contribution < -0.4 is 5.32 Å². The summed E-state index contributed by atoms with van der Waals surface area (Å²) in [5.41, 5.74) is 3.76. The molecule has 4 heteroatoms. The van der Waals surface area contributed by atoms with E-state index < -0.39 is 0 Å². The summed E-state index contributed by atoms with van der Waals surface area (Å²) in [7, 11) is 4.09. The van der Waals surface area contributed by atoms with Crippen LogP contribution in [0.3, 0.4) is 0 Å². The van der Waals surface area contributed by atoms with Gasteiger partial charge in [-0.2, -0.15) is 0 Å². The molecule has 1 atom stereocenters. The normalized spacial score (nSPS) is 13.2. The largest absolute Gasteiger partial charge is 0.381 e. The number of hydrogen-bond acceptors (Lipinski definition) is 3. The molecule has 1 amide bonds. The second kappa shape index (κ2) is 11.7. The van der Waals surface area contributed by atoms with E-state index in [-0.39, 0.29) is 5.91 Å². The molecule has 0 spiro atoms. The van der Waals surface area contributed by atoms with E-state index in [2.05, 4.69) is 62.2 Å². The number of amides is 1. The summed E-state index contributed by atoms with van der Waals surface area (Å²) in [6.07, 6.45) is 2.52. The van der Waals surface area contributed by atoms with Gasteiger partial charge in [0.25, 0.3) is 0 Å². The molecule has 0 heterocycles. The molecule has 1 N–H and O–H groups in total. The second-order valence-corrected chi connectivity index (χ2v) is 7.18. The van der Waals surface area contributed by atoms with Gasteiger partial charge in [0.15, 0.2) is 0 Å². The lowest BCUT2D eigenvalue weighted by Crippen LogP contribution is -2.35. The summed E-state index contributed by atoms with van der Waals surface area (Å²) in [6.45, 7) is 10.8. The van der Waals surface area contributed by atoms with E-state index in [0.717, 1.165) is 25.9 Å². The van der Waals surface area contributed by atoms with Crippen LogP contribution in [0.15, 0.2) is 41.6 Å². The van der Waals surface area contributed by atoms with Gasteiger partial charge in [0.2, 0.25) is 5.91 Å². The quantitative estimate of drug-likeness (QED) is 0.648. The number of hydrogen-bond donors (Lipinski definition) is 1. The number of allylic oxidation sites excluding steroid dienone is 1. The van der Waals surface area contributed by atoms with Crippen LogP contribution in [0.5, 0.6) is 0 Å². The van der Waals surface area contributed by atoms with Crippen LogP contribution in [0.4, 0.5) is 0 Å². The zero-order chi connectivity index (χ0) is 19.5. The third-order valence-electron chi connectivity index (χ3n) is 5.09. The number of benzene rings is 1. The number of nitrogens with zero attached hydrogens (tertiary/aromatic N) is 2. The Labute approximate surface area is 160 Å². The van der Waals surface area contributed by atoms with Crippen LogP contribution in [-0.2, 0) is 11.3 Å². The Bertz CT molecular complexity index is 566. The van der Waals surface area contributed by atoms with E-state index in [0.29, 0.717) is 19.0 Å². The molecule has 0 aromatic heterocycles. The first-order chi connectivity index (χ1) is 12.4. The van der Waals surface area contributed by atoms with Gasteiger partial charge in [0.1, 0.15) is 0 Å². The minimum absolute atomic E-state index is 0.248. The average Bonchev–Trinajstić information content (AvgIpc) is 2.65. The van der Waals surface area contributed by atoms with Crippen molar-refractivity contribution in [3.8, 4) is 0 Å². The minimum atomic E-state index is 0.248. The summed E-state index contributed by atoms with van der Waals surface area (Å²) in [4.78, 5) is 16.7. The lowest BCUT2D eigenvalue weighted by atomic mass is 10.1. The summed E-state index contributed by atoms with van der Waals surface area (Å²) in [6, 6.07) is 10.8. The predicted octanol–water partition coefficient (Wildman–Crippen LogP) is 4.04. The number of nitrogens with one attached hydrogen (secondary N) is 1. The second-order valence-electron chi connectivity index (χ2n) is 7.18. The first-order valence-electron chi connectivity index (χ1n) is 9.77. The highest BCUT2D eigenvalue weighted by molar-refractivity contribution is 5.76. The fourth-order valence-corrected chi connectivity index (χ4v) is 2.92. The lowest BCUT2D eigenvalue weighted by Gasteiger charge is -2.25. The van der Waals surface area contributed by atoms with E-state index in [9.17, 15) is 4.79 Å². The standard InChI is InChI=1S/C22H37N3O/c1-7-21(23-16-20-12-10-9-11-13-20)14-15-22(26)25(8-2)17-18(3)19(4)24(5)6/h9-13,21,23H,7-8,14-17H2,1-6H3/b19-18+. The third kappa shape index (κ3) is 7.61. The van der Waals surface area contributed by atoms with Gasteiger partial charge in [-0.15, -0.1) is 0 Å². The molecule has 0 fully saturated rings. The van der Waals surface area contributed by atoms with E-state index in [4.69, 9.17) is 0 Å². The van der Waals surface area contributed by atoms with Crippen molar-refractivity contribution < 1.29 is 4.79 Å². The summed E-state index contributed by atoms with van der Waals surface area (Å²) in [5.74, 6) is 0.248. The van der Waals surface area contributed by atoms with Crippen LogP contribution in [0.1, 0.15) is 52.5 Å². The zero-order valence-electron chi connectivity index (χ0n) is 17.5. The maximum Gasteiger partial charge on any atom is 0.222 e. The van der Waals surface area contributed by atoms with Crippen molar-refractivity contribution in [1.29, 1.82) is 0 Å². The molecule has 0 bridgehead atoms. The first kappa shape index (κ1) is 22.2. The topological polar surface area (TPSA) is 35.6 Å². The zero-order valence-corrected chi connectivity index (χ0v) is 17.5. The Morgan fingerprint density at radius 1 is 1.12 bits per heavy atom. The first-order valence-corrected chi connectivity index (χ1v) is 9.77. The molecule has 0 aliphatic heterocycles. The smallest absolute Gasteiger partial charge is 0.222 e. The predicted molar refractivity (Wildman–Crippen MR) is 111 cm³/mol. The average molecular weight is 360 g/mol. The van der Waals surface area contributed by atoms with Crippen molar-refractivity contribution in [3.63, 3.8) is 0 Å². The van der Waals surface area contributed by atoms with E-state index in [1.807, 2.05) is 25.1 Å². The Morgan fingerprint density at radius 2 is 1.77 bits per heavy atom. The van der Waals surface area contributed by atoms with Gasteiger partial charge in [-0.3, -0.25) is 4.79 Å². The van der Waals surface area contributed by atoms with Crippen LogP contribution in [0.2, 0.25) is 0 Å². The van der Waals surface area contributed by atoms with E-state index in [1.165, 1.54) is 16.8 Å². The fourth-order valence-electron chi connectivity index (χ4n) is 2.92. The van der Waals surface area contributed by atoms with Crippen molar-refractivity contribution >= 4 is 5.91 Å². The molecule has 26 heavy (non-hydrogen) atoms. The van der Waals surface area contributed by atoms with Crippen LogP contribution in [-0.4, -0.2) is 48.9 Å². The van der Waals surface area contributed by atoms with Crippen LogP contribution in [0, 0.1) is 0 Å². The summed E-state index contributed by atoms with van der Waals surface area (Å²) >= 11 is 0. The molecule has 0 aliphatic rings. The molecule has 146 valence electrons. The van der Waals surface area contributed by atoms with Crippen LogP contribution >= 0.6 is 0 Å². The highest BCUT2D eigenvalue weighted by atomic mass is 16.2. The van der Waals surface area contributed by atoms with Crippen molar-refractivity contribution in [2.75, 3.05) is 27.2 Å². The molecule has 1 unspecified atom stereocenters. The minimum Gasteiger partial charge on any atom is -0.381 e. The molecule has 4 nitrogen and oxygen atoms in total. The van der Waals surface area contributed by atoms with Crippen LogP contribution in [0.25, 0.3) is 0 Å². The lowest BCUT2D eigenvalue weighted by molar-refractivity contribution is -0.130. The molecule has 0 saturated heterocycles. The monoisotopic (exact) mass is 359 g/mol. The number of rotatable bonds is 11. The highest BCUT2D eigenvalue weighted by Gasteiger charge is 2.15. The maximum absolute atomic E-state index is 12.7. The van der Waals surface area contributed by atoms with E-state index >= 15 is 0 Å². The maximum atomic E-state index is 12.7. The van der Waals surface area contributed by atoms with Crippen molar-refractivity contribution in [2.24, 2.45) is 0 Å². The Balaban J connectivity index is 2.51. The van der Waals surface area contributed by atoms with Crippen molar-refractivity contribution in [3.05, 3.63) is 47.2 Å². The number of carbonyl (C=O) groups excluding carboxylic acids is 1. The highest BCUT2D eigenvalue weighted by Crippen LogP contribution is 2.11. The third-order valence-corrected chi connectivity index (χ3v) is 5.09.